The first kappa shape index (κ1) is 18.7. The molecule has 1 amide bonds. The number of hydrogen-bond donors (Lipinski definition) is 2. The SMILES string of the molecule is Cn1ccnc1C1CNCCN1CC(=O)NCCOc1cccc(Cl)c1. The molecule has 3 rings (SSSR count). The summed E-state index contributed by atoms with van der Waals surface area (Å²) in [6.45, 7) is 3.66. The number of imidazole rings is 1. The quantitative estimate of drug-likeness (QED) is 0.710. The number of hydrogen-bond acceptors (Lipinski definition) is 5. The molecule has 1 fully saturated rings. The van der Waals surface area contributed by atoms with Gasteiger partial charge < -0.3 is 19.9 Å². The van der Waals surface area contributed by atoms with E-state index < -0.39 is 0 Å². The number of benzene rings is 1. The highest BCUT2D eigenvalue weighted by molar-refractivity contribution is 6.30. The molecule has 1 aliphatic heterocycles. The van der Waals surface area contributed by atoms with Crippen molar-refractivity contribution in [3.05, 3.63) is 47.5 Å². The number of nitrogens with zero attached hydrogens (tertiary/aromatic N) is 3. The molecule has 1 saturated heterocycles. The molecule has 1 unspecified atom stereocenters. The first-order valence-electron chi connectivity index (χ1n) is 8.70. The standard InChI is InChI=1S/C18H24ClN5O2/c1-23-8-6-22-18(23)16-12-20-5-9-24(16)13-17(25)21-7-10-26-15-4-2-3-14(19)11-15/h2-4,6,8,11,16,20H,5,7,9-10,12-13H2,1H3,(H,21,25). The fourth-order valence-corrected chi connectivity index (χ4v) is 3.23. The molecule has 1 aromatic heterocycles. The van der Waals surface area contributed by atoms with E-state index in [4.69, 9.17) is 16.3 Å². The molecule has 0 aliphatic carbocycles. The van der Waals surface area contributed by atoms with Crippen molar-refractivity contribution in [3.63, 3.8) is 0 Å². The van der Waals surface area contributed by atoms with Crippen LogP contribution in [0.2, 0.25) is 5.02 Å². The molecule has 2 N–H and O–H groups in total. The molecule has 26 heavy (non-hydrogen) atoms. The Morgan fingerprint density at radius 2 is 2.38 bits per heavy atom. The van der Waals surface area contributed by atoms with Crippen LogP contribution in [-0.4, -0.2) is 59.7 Å². The van der Waals surface area contributed by atoms with Gasteiger partial charge in [-0.05, 0) is 18.2 Å². The summed E-state index contributed by atoms with van der Waals surface area (Å²) in [5.74, 6) is 1.65. The average Bonchev–Trinajstić information content (AvgIpc) is 3.05. The monoisotopic (exact) mass is 377 g/mol. The molecule has 2 aromatic rings. The highest BCUT2D eigenvalue weighted by Crippen LogP contribution is 2.20. The number of carbonyl (C=O) groups is 1. The van der Waals surface area contributed by atoms with Gasteiger partial charge in [-0.1, -0.05) is 17.7 Å². The molecule has 8 heteroatoms. The molecule has 1 aromatic carbocycles. The van der Waals surface area contributed by atoms with Gasteiger partial charge in [-0.15, -0.1) is 0 Å². The maximum absolute atomic E-state index is 12.3. The lowest BCUT2D eigenvalue weighted by Gasteiger charge is -2.35. The van der Waals surface area contributed by atoms with Gasteiger partial charge in [-0.2, -0.15) is 0 Å². The first-order valence-corrected chi connectivity index (χ1v) is 9.08. The second kappa shape index (κ2) is 9.02. The Kier molecular flexibility index (Phi) is 6.49. The Hall–Kier alpha value is -2.09. The van der Waals surface area contributed by atoms with Crippen molar-refractivity contribution < 1.29 is 9.53 Å². The molecule has 0 bridgehead atoms. The number of nitrogens with one attached hydrogen (secondary N) is 2. The van der Waals surface area contributed by atoms with Crippen LogP contribution < -0.4 is 15.4 Å². The van der Waals surface area contributed by atoms with E-state index in [1.807, 2.05) is 29.9 Å². The van der Waals surface area contributed by atoms with Crippen LogP contribution in [0.5, 0.6) is 5.75 Å². The summed E-state index contributed by atoms with van der Waals surface area (Å²) >= 11 is 5.92. The molecule has 1 atom stereocenters. The highest BCUT2D eigenvalue weighted by atomic mass is 35.5. The van der Waals surface area contributed by atoms with Crippen molar-refractivity contribution in [1.82, 2.24) is 25.1 Å². The van der Waals surface area contributed by atoms with Gasteiger partial charge >= 0.3 is 0 Å². The lowest BCUT2D eigenvalue weighted by atomic mass is 10.1. The minimum Gasteiger partial charge on any atom is -0.492 e. The number of aromatic nitrogens is 2. The average molecular weight is 378 g/mol. The van der Waals surface area contributed by atoms with Crippen molar-refractivity contribution in [1.29, 1.82) is 0 Å². The molecule has 140 valence electrons. The largest absolute Gasteiger partial charge is 0.492 e. The Morgan fingerprint density at radius 1 is 1.50 bits per heavy atom. The van der Waals surface area contributed by atoms with Gasteiger partial charge in [0.05, 0.1) is 19.1 Å². The molecule has 7 nitrogen and oxygen atoms in total. The van der Waals surface area contributed by atoms with Crippen LogP contribution in [0.15, 0.2) is 36.7 Å². The Balaban J connectivity index is 1.45. The molecule has 0 saturated carbocycles. The van der Waals surface area contributed by atoms with Gasteiger partial charge in [0.2, 0.25) is 5.91 Å². The third-order valence-electron chi connectivity index (χ3n) is 4.35. The third-order valence-corrected chi connectivity index (χ3v) is 4.58. The van der Waals surface area contributed by atoms with Gasteiger partial charge in [0.1, 0.15) is 18.2 Å². The van der Waals surface area contributed by atoms with Gasteiger partial charge in [0.25, 0.3) is 0 Å². The van der Waals surface area contributed by atoms with Crippen LogP contribution in [-0.2, 0) is 11.8 Å². The van der Waals surface area contributed by atoms with Gasteiger partial charge in [-0.25, -0.2) is 4.98 Å². The van der Waals surface area contributed by atoms with Gasteiger partial charge in [0, 0.05) is 44.1 Å². The fraction of sp³-hybridized carbons (Fsp3) is 0.444. The van der Waals surface area contributed by atoms with E-state index in [-0.39, 0.29) is 11.9 Å². The van der Waals surface area contributed by atoms with Crippen molar-refractivity contribution >= 4 is 17.5 Å². The topological polar surface area (TPSA) is 71.4 Å². The molecule has 0 spiro atoms. The first-order chi connectivity index (χ1) is 12.6. The van der Waals surface area contributed by atoms with Crippen molar-refractivity contribution in [2.75, 3.05) is 39.3 Å². The Morgan fingerprint density at radius 3 is 3.15 bits per heavy atom. The smallest absolute Gasteiger partial charge is 0.234 e. The van der Waals surface area contributed by atoms with Crippen LogP contribution >= 0.6 is 11.6 Å². The minimum atomic E-state index is -0.0131. The molecular weight excluding hydrogens is 354 g/mol. The Labute approximate surface area is 158 Å². The number of ether oxygens (including phenoxy) is 1. The van der Waals surface area contributed by atoms with E-state index in [0.717, 1.165) is 25.5 Å². The second-order valence-electron chi connectivity index (χ2n) is 6.24. The lowest BCUT2D eigenvalue weighted by Crippen LogP contribution is -2.50. The van der Waals surface area contributed by atoms with Crippen LogP contribution in [0.4, 0.5) is 0 Å². The fourth-order valence-electron chi connectivity index (χ4n) is 3.04. The normalized spacial score (nSPS) is 17.8. The summed E-state index contributed by atoms with van der Waals surface area (Å²) in [6.07, 6.45) is 3.71. The number of rotatable bonds is 7. The van der Waals surface area contributed by atoms with E-state index >= 15 is 0 Å². The summed E-state index contributed by atoms with van der Waals surface area (Å²) in [5.41, 5.74) is 0. The van der Waals surface area contributed by atoms with Crippen LogP contribution in [0.25, 0.3) is 0 Å². The summed E-state index contributed by atoms with van der Waals surface area (Å²) in [7, 11) is 1.97. The predicted molar refractivity (Wildman–Crippen MR) is 100 cm³/mol. The van der Waals surface area contributed by atoms with Crippen LogP contribution in [0, 0.1) is 0 Å². The molecule has 0 radical (unpaired) electrons. The lowest BCUT2D eigenvalue weighted by molar-refractivity contribution is -0.123. The summed E-state index contributed by atoms with van der Waals surface area (Å²) < 4.78 is 7.59. The minimum absolute atomic E-state index is 0.0131. The zero-order valence-corrected chi connectivity index (χ0v) is 15.6. The van der Waals surface area contributed by atoms with Crippen LogP contribution in [0.1, 0.15) is 11.9 Å². The second-order valence-corrected chi connectivity index (χ2v) is 6.68. The summed E-state index contributed by atoms with van der Waals surface area (Å²) in [5, 5.41) is 6.91. The number of amides is 1. The zero-order valence-electron chi connectivity index (χ0n) is 14.8. The van der Waals surface area contributed by atoms with Crippen molar-refractivity contribution in [3.8, 4) is 5.75 Å². The summed E-state index contributed by atoms with van der Waals surface area (Å²) in [4.78, 5) is 18.9. The number of piperazine rings is 1. The van der Waals surface area contributed by atoms with Crippen LogP contribution in [0.3, 0.4) is 0 Å². The van der Waals surface area contributed by atoms with E-state index in [1.54, 1.807) is 18.3 Å². The van der Waals surface area contributed by atoms with Gasteiger partial charge in [-0.3, -0.25) is 9.69 Å². The maximum Gasteiger partial charge on any atom is 0.234 e. The van der Waals surface area contributed by atoms with E-state index in [1.165, 1.54) is 0 Å². The predicted octanol–water partition coefficient (Wildman–Crippen LogP) is 1.22. The highest BCUT2D eigenvalue weighted by Gasteiger charge is 2.27. The third kappa shape index (κ3) is 4.97. The van der Waals surface area contributed by atoms with Gasteiger partial charge in [0.15, 0.2) is 0 Å². The zero-order chi connectivity index (χ0) is 18.4. The molecule has 1 aliphatic rings. The van der Waals surface area contributed by atoms with E-state index in [0.29, 0.717) is 30.5 Å². The molecular formula is C18H24ClN5O2. The van der Waals surface area contributed by atoms with Crippen molar-refractivity contribution in [2.24, 2.45) is 7.05 Å². The van der Waals surface area contributed by atoms with E-state index in [9.17, 15) is 4.79 Å². The Bertz CT molecular complexity index is 736. The maximum atomic E-state index is 12.3. The van der Waals surface area contributed by atoms with Crippen molar-refractivity contribution in [2.45, 2.75) is 6.04 Å². The molecule has 2 heterocycles. The number of carbonyl (C=O) groups excluding carboxylic acids is 1. The summed E-state index contributed by atoms with van der Waals surface area (Å²) in [6, 6.07) is 7.31. The number of halogens is 1. The van der Waals surface area contributed by atoms with E-state index in [2.05, 4.69) is 20.5 Å². The number of aryl methyl sites for hydroxylation is 1.